The number of hydrogen-bond acceptors (Lipinski definition) is 5. The predicted octanol–water partition coefficient (Wildman–Crippen LogP) is 4.48. The molecule has 0 aromatic heterocycles. The number of benzene rings is 3. The highest BCUT2D eigenvalue weighted by atomic mass is 35.5. The van der Waals surface area contributed by atoms with Gasteiger partial charge in [-0.1, -0.05) is 41.9 Å². The number of nitrogens with one attached hydrogen (secondary N) is 1. The van der Waals surface area contributed by atoms with Gasteiger partial charge < -0.3 is 10.1 Å². The topological polar surface area (TPSA) is 75.7 Å². The van der Waals surface area contributed by atoms with Crippen LogP contribution in [0.1, 0.15) is 15.9 Å². The van der Waals surface area contributed by atoms with Gasteiger partial charge in [0.2, 0.25) is 0 Å². The highest BCUT2D eigenvalue weighted by Gasteiger charge is 2.37. The van der Waals surface area contributed by atoms with Crippen LogP contribution in [0.25, 0.3) is 0 Å². The van der Waals surface area contributed by atoms with E-state index in [1.54, 1.807) is 12.1 Å². The number of carbonyl (C=O) groups is 3. The molecule has 0 spiro atoms. The van der Waals surface area contributed by atoms with Crippen LogP contribution >= 0.6 is 11.6 Å². The Morgan fingerprint density at radius 2 is 1.56 bits per heavy atom. The van der Waals surface area contributed by atoms with Crippen molar-refractivity contribution in [2.75, 3.05) is 5.32 Å². The van der Waals surface area contributed by atoms with Crippen LogP contribution in [0.15, 0.2) is 89.6 Å². The summed E-state index contributed by atoms with van der Waals surface area (Å²) in [6.45, 7) is 0.105. The fourth-order valence-corrected chi connectivity index (χ4v) is 3.30. The van der Waals surface area contributed by atoms with Crippen molar-refractivity contribution in [2.45, 2.75) is 6.54 Å². The molecule has 1 aliphatic rings. The molecule has 32 heavy (non-hydrogen) atoms. The summed E-state index contributed by atoms with van der Waals surface area (Å²) in [6, 6.07) is 20.3. The van der Waals surface area contributed by atoms with E-state index < -0.39 is 23.6 Å². The summed E-state index contributed by atoms with van der Waals surface area (Å²) >= 11 is 6.12. The zero-order valence-corrected chi connectivity index (χ0v) is 17.3. The standard InChI is InChI=1S/C24H16ClFN2O4/c25-20-21(23(30)28(22(20)29)14-15-4-2-1-3-5-15)27-18-10-6-16(7-11-18)24(31)32-19-12-8-17(26)9-13-19/h1-13,27H,14H2. The van der Waals surface area contributed by atoms with Gasteiger partial charge in [-0.25, -0.2) is 9.18 Å². The molecule has 1 N–H and O–H groups in total. The van der Waals surface area contributed by atoms with E-state index >= 15 is 0 Å². The maximum Gasteiger partial charge on any atom is 0.343 e. The molecule has 0 fully saturated rings. The van der Waals surface area contributed by atoms with Crippen LogP contribution < -0.4 is 10.1 Å². The Labute approximate surface area is 187 Å². The highest BCUT2D eigenvalue weighted by molar-refractivity contribution is 6.48. The number of esters is 1. The van der Waals surface area contributed by atoms with Crippen molar-refractivity contribution in [3.8, 4) is 5.75 Å². The van der Waals surface area contributed by atoms with Gasteiger partial charge in [0.1, 0.15) is 22.3 Å². The lowest BCUT2D eigenvalue weighted by Gasteiger charge is -2.15. The van der Waals surface area contributed by atoms with E-state index in [2.05, 4.69) is 5.32 Å². The second-order valence-corrected chi connectivity index (χ2v) is 7.29. The van der Waals surface area contributed by atoms with Gasteiger partial charge in [0.25, 0.3) is 11.8 Å². The van der Waals surface area contributed by atoms with Crippen LogP contribution in [-0.4, -0.2) is 22.7 Å². The summed E-state index contributed by atoms with van der Waals surface area (Å²) in [4.78, 5) is 38.5. The van der Waals surface area contributed by atoms with Crippen LogP contribution in [0.4, 0.5) is 10.1 Å². The predicted molar refractivity (Wildman–Crippen MR) is 116 cm³/mol. The molecule has 6 nitrogen and oxygen atoms in total. The Balaban J connectivity index is 1.43. The first-order chi connectivity index (χ1) is 15.4. The monoisotopic (exact) mass is 450 g/mol. The summed E-state index contributed by atoms with van der Waals surface area (Å²) in [5, 5.41) is 2.65. The average Bonchev–Trinajstić information content (AvgIpc) is 3.00. The summed E-state index contributed by atoms with van der Waals surface area (Å²) in [6.07, 6.45) is 0. The van der Waals surface area contributed by atoms with Gasteiger partial charge in [-0.2, -0.15) is 0 Å². The molecular weight excluding hydrogens is 435 g/mol. The fourth-order valence-electron chi connectivity index (χ4n) is 3.07. The van der Waals surface area contributed by atoms with Gasteiger partial charge in [-0.3, -0.25) is 14.5 Å². The second-order valence-electron chi connectivity index (χ2n) is 6.92. The molecule has 0 bridgehead atoms. The Kier molecular flexibility index (Phi) is 6.00. The Morgan fingerprint density at radius 1 is 0.906 bits per heavy atom. The van der Waals surface area contributed by atoms with Gasteiger partial charge in [-0.15, -0.1) is 0 Å². The largest absolute Gasteiger partial charge is 0.423 e. The second kappa shape index (κ2) is 9.03. The minimum absolute atomic E-state index is 0.0331. The molecule has 3 aromatic rings. The van der Waals surface area contributed by atoms with Crippen LogP contribution in [-0.2, 0) is 16.1 Å². The summed E-state index contributed by atoms with van der Waals surface area (Å²) < 4.78 is 18.1. The zero-order valence-electron chi connectivity index (χ0n) is 16.5. The first-order valence-electron chi connectivity index (χ1n) is 9.57. The molecule has 4 rings (SSSR count). The molecule has 0 atom stereocenters. The lowest BCUT2D eigenvalue weighted by molar-refractivity contribution is -0.138. The SMILES string of the molecule is O=C(Oc1ccc(F)cc1)c1ccc(NC2=C(Cl)C(=O)N(Cc3ccccc3)C2=O)cc1. The number of amides is 2. The highest BCUT2D eigenvalue weighted by Crippen LogP contribution is 2.27. The number of halogens is 2. The lowest BCUT2D eigenvalue weighted by Crippen LogP contribution is -2.31. The van der Waals surface area contributed by atoms with E-state index in [1.807, 2.05) is 30.3 Å². The third-order valence-electron chi connectivity index (χ3n) is 4.71. The Morgan fingerprint density at radius 3 is 2.22 bits per heavy atom. The smallest absolute Gasteiger partial charge is 0.343 e. The molecule has 2 amide bonds. The van der Waals surface area contributed by atoms with Crippen LogP contribution in [0.3, 0.4) is 0 Å². The van der Waals surface area contributed by atoms with Crippen molar-refractivity contribution < 1.29 is 23.5 Å². The van der Waals surface area contributed by atoms with E-state index in [1.165, 1.54) is 36.4 Å². The molecule has 1 heterocycles. The number of anilines is 1. The van der Waals surface area contributed by atoms with Crippen LogP contribution in [0, 0.1) is 5.82 Å². The third kappa shape index (κ3) is 4.53. The number of nitrogens with zero attached hydrogens (tertiary/aromatic N) is 1. The molecule has 0 radical (unpaired) electrons. The number of imide groups is 1. The number of ether oxygens (including phenoxy) is 1. The maximum atomic E-state index is 13.0. The quantitative estimate of drug-likeness (QED) is 0.340. The molecule has 1 aliphatic heterocycles. The Hall–Kier alpha value is -3.97. The molecule has 0 unspecified atom stereocenters. The number of hydrogen-bond donors (Lipinski definition) is 1. The van der Waals surface area contributed by atoms with E-state index in [0.717, 1.165) is 10.5 Å². The Bertz CT molecular complexity index is 1210. The van der Waals surface area contributed by atoms with Crippen molar-refractivity contribution in [3.63, 3.8) is 0 Å². The van der Waals surface area contributed by atoms with E-state index in [0.29, 0.717) is 5.69 Å². The lowest BCUT2D eigenvalue weighted by atomic mass is 10.2. The molecule has 0 saturated heterocycles. The molecule has 8 heteroatoms. The third-order valence-corrected chi connectivity index (χ3v) is 5.06. The van der Waals surface area contributed by atoms with Crippen molar-refractivity contribution in [3.05, 3.63) is 107 Å². The normalized spacial score (nSPS) is 13.5. The van der Waals surface area contributed by atoms with E-state index in [9.17, 15) is 18.8 Å². The number of rotatable bonds is 6. The molecule has 3 aromatic carbocycles. The summed E-state index contributed by atoms with van der Waals surface area (Å²) in [5.74, 6) is -1.97. The molecule has 0 saturated carbocycles. The minimum atomic E-state index is -0.624. The summed E-state index contributed by atoms with van der Waals surface area (Å²) in [5.41, 5.74) is 1.47. The summed E-state index contributed by atoms with van der Waals surface area (Å²) in [7, 11) is 0. The van der Waals surface area contributed by atoms with Crippen LogP contribution in [0.5, 0.6) is 5.75 Å². The van der Waals surface area contributed by atoms with Crippen LogP contribution in [0.2, 0.25) is 0 Å². The fraction of sp³-hybridized carbons (Fsp3) is 0.0417. The zero-order chi connectivity index (χ0) is 22.7. The van der Waals surface area contributed by atoms with E-state index in [4.69, 9.17) is 16.3 Å². The maximum absolute atomic E-state index is 13.0. The van der Waals surface area contributed by atoms with Gasteiger partial charge >= 0.3 is 5.97 Å². The van der Waals surface area contributed by atoms with Crippen molar-refractivity contribution in [2.24, 2.45) is 0 Å². The van der Waals surface area contributed by atoms with Crippen molar-refractivity contribution in [1.29, 1.82) is 0 Å². The van der Waals surface area contributed by atoms with E-state index in [-0.39, 0.29) is 28.6 Å². The molecular formula is C24H16ClFN2O4. The average molecular weight is 451 g/mol. The van der Waals surface area contributed by atoms with Gasteiger partial charge in [0.15, 0.2) is 0 Å². The number of carbonyl (C=O) groups excluding carboxylic acids is 3. The van der Waals surface area contributed by atoms with Gasteiger partial charge in [0, 0.05) is 5.69 Å². The first-order valence-corrected chi connectivity index (χ1v) is 9.95. The minimum Gasteiger partial charge on any atom is -0.423 e. The van der Waals surface area contributed by atoms with Gasteiger partial charge in [0.05, 0.1) is 12.1 Å². The van der Waals surface area contributed by atoms with Crippen molar-refractivity contribution >= 4 is 35.1 Å². The van der Waals surface area contributed by atoms with Crippen molar-refractivity contribution in [1.82, 2.24) is 4.90 Å². The first kappa shape index (κ1) is 21.3. The molecule has 0 aliphatic carbocycles. The molecule has 160 valence electrons. The van der Waals surface area contributed by atoms with Gasteiger partial charge in [-0.05, 0) is 54.1 Å².